The maximum absolute atomic E-state index is 11.5. The molecule has 90 valence electrons. The van der Waals surface area contributed by atoms with Crippen LogP contribution in [0.5, 0.6) is 0 Å². The van der Waals surface area contributed by atoms with Gasteiger partial charge in [-0.15, -0.1) is 0 Å². The molecular formula is C11H19N3O2. The van der Waals surface area contributed by atoms with Crippen molar-refractivity contribution in [1.82, 2.24) is 9.78 Å². The topological polar surface area (TPSA) is 70.1 Å². The number of ether oxygens (including phenoxy) is 1. The van der Waals surface area contributed by atoms with Gasteiger partial charge >= 0.3 is 5.97 Å². The zero-order chi connectivity index (χ0) is 12.3. The Morgan fingerprint density at radius 3 is 2.69 bits per heavy atom. The first-order chi connectivity index (χ1) is 7.28. The van der Waals surface area contributed by atoms with E-state index in [0.717, 1.165) is 5.56 Å². The van der Waals surface area contributed by atoms with E-state index in [9.17, 15) is 4.79 Å². The fourth-order valence-electron chi connectivity index (χ4n) is 1.21. The molecule has 0 aromatic carbocycles. The Balaban J connectivity index is 2.57. The summed E-state index contributed by atoms with van der Waals surface area (Å²) in [5, 5.41) is 4.04. The quantitative estimate of drug-likeness (QED) is 0.786. The standard InChI is InChI=1S/C11H19N3O2/c1-8(12)9-5-13-14(6-9)7-10(15)16-11(2,3)4/h5-6,8H,7,12H2,1-4H3/t8-/m1/s1. The van der Waals surface area contributed by atoms with Crippen molar-refractivity contribution in [3.05, 3.63) is 18.0 Å². The number of rotatable bonds is 3. The molecule has 0 spiro atoms. The molecule has 1 aromatic rings. The molecule has 0 unspecified atom stereocenters. The van der Waals surface area contributed by atoms with Gasteiger partial charge in [0.15, 0.2) is 0 Å². The van der Waals surface area contributed by atoms with Gasteiger partial charge in [0.05, 0.1) is 6.20 Å². The van der Waals surface area contributed by atoms with Gasteiger partial charge in [-0.25, -0.2) is 0 Å². The van der Waals surface area contributed by atoms with Gasteiger partial charge in [-0.05, 0) is 27.7 Å². The third kappa shape index (κ3) is 4.02. The second kappa shape index (κ2) is 4.65. The van der Waals surface area contributed by atoms with E-state index >= 15 is 0 Å². The van der Waals surface area contributed by atoms with Crippen LogP contribution in [0.4, 0.5) is 0 Å². The van der Waals surface area contributed by atoms with E-state index in [-0.39, 0.29) is 18.6 Å². The highest BCUT2D eigenvalue weighted by Gasteiger charge is 2.16. The summed E-state index contributed by atoms with van der Waals surface area (Å²) in [4.78, 5) is 11.5. The molecule has 16 heavy (non-hydrogen) atoms. The van der Waals surface area contributed by atoms with Crippen molar-refractivity contribution in [3.63, 3.8) is 0 Å². The average molecular weight is 225 g/mol. The maximum Gasteiger partial charge on any atom is 0.328 e. The molecule has 5 heteroatoms. The summed E-state index contributed by atoms with van der Waals surface area (Å²) in [5.41, 5.74) is 6.13. The Morgan fingerprint density at radius 2 is 2.25 bits per heavy atom. The van der Waals surface area contributed by atoms with Gasteiger partial charge in [-0.2, -0.15) is 5.10 Å². The highest BCUT2D eigenvalue weighted by atomic mass is 16.6. The van der Waals surface area contributed by atoms with Crippen LogP contribution in [-0.2, 0) is 16.1 Å². The largest absolute Gasteiger partial charge is 0.459 e. The van der Waals surface area contributed by atoms with Crippen molar-refractivity contribution in [2.45, 2.75) is 45.9 Å². The molecule has 0 bridgehead atoms. The zero-order valence-electron chi connectivity index (χ0n) is 10.2. The van der Waals surface area contributed by atoms with Crippen molar-refractivity contribution >= 4 is 5.97 Å². The molecule has 1 atom stereocenters. The van der Waals surface area contributed by atoms with E-state index in [1.807, 2.05) is 27.7 Å². The van der Waals surface area contributed by atoms with Gasteiger partial charge in [-0.1, -0.05) is 0 Å². The summed E-state index contributed by atoms with van der Waals surface area (Å²) in [6.07, 6.45) is 3.42. The van der Waals surface area contributed by atoms with Crippen LogP contribution in [-0.4, -0.2) is 21.4 Å². The van der Waals surface area contributed by atoms with Gasteiger partial charge in [0.2, 0.25) is 0 Å². The molecule has 5 nitrogen and oxygen atoms in total. The monoisotopic (exact) mass is 225 g/mol. The van der Waals surface area contributed by atoms with Crippen LogP contribution in [0.2, 0.25) is 0 Å². The predicted molar refractivity (Wildman–Crippen MR) is 60.7 cm³/mol. The lowest BCUT2D eigenvalue weighted by atomic mass is 10.2. The van der Waals surface area contributed by atoms with Crippen LogP contribution in [0.3, 0.4) is 0 Å². The normalized spacial score (nSPS) is 13.6. The minimum Gasteiger partial charge on any atom is -0.459 e. The fourth-order valence-corrected chi connectivity index (χ4v) is 1.21. The first kappa shape index (κ1) is 12.7. The number of aromatic nitrogens is 2. The van der Waals surface area contributed by atoms with Crippen LogP contribution in [0.1, 0.15) is 39.3 Å². The molecule has 0 saturated heterocycles. The predicted octanol–water partition coefficient (Wildman–Crippen LogP) is 1.24. The highest BCUT2D eigenvalue weighted by Crippen LogP contribution is 2.09. The van der Waals surface area contributed by atoms with Crippen molar-refractivity contribution in [2.24, 2.45) is 5.73 Å². The van der Waals surface area contributed by atoms with E-state index in [0.29, 0.717) is 0 Å². The highest BCUT2D eigenvalue weighted by molar-refractivity contribution is 5.69. The van der Waals surface area contributed by atoms with Gasteiger partial charge in [-0.3, -0.25) is 9.48 Å². The average Bonchev–Trinajstić information content (AvgIpc) is 2.48. The number of carbonyl (C=O) groups excluding carboxylic acids is 1. The molecular weight excluding hydrogens is 206 g/mol. The summed E-state index contributed by atoms with van der Waals surface area (Å²) in [5.74, 6) is -0.299. The number of carbonyl (C=O) groups is 1. The summed E-state index contributed by atoms with van der Waals surface area (Å²) < 4.78 is 6.71. The molecule has 0 amide bonds. The lowest BCUT2D eigenvalue weighted by molar-refractivity contribution is -0.155. The molecule has 0 saturated carbocycles. The maximum atomic E-state index is 11.5. The Kier molecular flexibility index (Phi) is 3.70. The molecule has 0 aliphatic carbocycles. The smallest absolute Gasteiger partial charge is 0.328 e. The summed E-state index contributed by atoms with van der Waals surface area (Å²) >= 11 is 0. The van der Waals surface area contributed by atoms with Crippen LogP contribution < -0.4 is 5.73 Å². The van der Waals surface area contributed by atoms with Gasteiger partial charge in [0, 0.05) is 17.8 Å². The first-order valence-corrected chi connectivity index (χ1v) is 5.28. The Labute approximate surface area is 95.6 Å². The number of nitrogens with zero attached hydrogens (tertiary/aromatic N) is 2. The lowest BCUT2D eigenvalue weighted by Gasteiger charge is -2.19. The number of hydrogen-bond acceptors (Lipinski definition) is 4. The second-order valence-electron chi connectivity index (χ2n) is 4.85. The number of esters is 1. The number of nitrogens with two attached hydrogens (primary N) is 1. The molecule has 0 aliphatic heterocycles. The van der Waals surface area contributed by atoms with E-state index in [2.05, 4.69) is 5.10 Å². The molecule has 0 radical (unpaired) electrons. The first-order valence-electron chi connectivity index (χ1n) is 5.28. The molecule has 0 aliphatic rings. The van der Waals surface area contributed by atoms with Crippen molar-refractivity contribution in [2.75, 3.05) is 0 Å². The van der Waals surface area contributed by atoms with E-state index in [4.69, 9.17) is 10.5 Å². The van der Waals surface area contributed by atoms with E-state index in [1.54, 1.807) is 12.4 Å². The second-order valence-corrected chi connectivity index (χ2v) is 4.85. The van der Waals surface area contributed by atoms with Crippen LogP contribution >= 0.6 is 0 Å². The Hall–Kier alpha value is -1.36. The van der Waals surface area contributed by atoms with E-state index < -0.39 is 5.60 Å². The summed E-state index contributed by atoms with van der Waals surface area (Å²) in [7, 11) is 0. The Morgan fingerprint density at radius 1 is 1.62 bits per heavy atom. The SMILES string of the molecule is C[C@@H](N)c1cnn(CC(=O)OC(C)(C)C)c1. The van der Waals surface area contributed by atoms with Crippen LogP contribution in [0.25, 0.3) is 0 Å². The Bertz CT molecular complexity index is 364. The lowest BCUT2D eigenvalue weighted by Crippen LogP contribution is -2.26. The van der Waals surface area contributed by atoms with Crippen molar-refractivity contribution in [3.8, 4) is 0 Å². The van der Waals surface area contributed by atoms with E-state index in [1.165, 1.54) is 4.68 Å². The van der Waals surface area contributed by atoms with Crippen LogP contribution in [0.15, 0.2) is 12.4 Å². The van der Waals surface area contributed by atoms with Gasteiger partial charge in [0.25, 0.3) is 0 Å². The number of hydrogen-bond donors (Lipinski definition) is 1. The third-order valence-corrected chi connectivity index (χ3v) is 1.89. The van der Waals surface area contributed by atoms with Crippen molar-refractivity contribution < 1.29 is 9.53 Å². The zero-order valence-corrected chi connectivity index (χ0v) is 10.2. The van der Waals surface area contributed by atoms with Crippen molar-refractivity contribution in [1.29, 1.82) is 0 Å². The third-order valence-electron chi connectivity index (χ3n) is 1.89. The molecule has 1 rings (SSSR count). The van der Waals surface area contributed by atoms with Crippen LogP contribution in [0, 0.1) is 0 Å². The fraction of sp³-hybridized carbons (Fsp3) is 0.636. The minimum absolute atomic E-state index is 0.0765. The molecule has 1 aromatic heterocycles. The van der Waals surface area contributed by atoms with Gasteiger partial charge < -0.3 is 10.5 Å². The molecule has 1 heterocycles. The minimum atomic E-state index is -0.464. The summed E-state index contributed by atoms with van der Waals surface area (Å²) in [6.45, 7) is 7.49. The molecule has 0 fully saturated rings. The molecule has 2 N–H and O–H groups in total. The van der Waals surface area contributed by atoms with Gasteiger partial charge in [0.1, 0.15) is 12.1 Å². The summed E-state index contributed by atoms with van der Waals surface area (Å²) in [6, 6.07) is -0.0765.